The predicted molar refractivity (Wildman–Crippen MR) is 128 cm³/mol. The van der Waals surface area contributed by atoms with Crippen molar-refractivity contribution in [3.63, 3.8) is 0 Å². The molecule has 4 rings (SSSR count). The number of rotatable bonds is 6. The molecule has 0 atom stereocenters. The molecule has 1 N–H and O–H groups in total. The van der Waals surface area contributed by atoms with Crippen molar-refractivity contribution in [2.75, 3.05) is 13.1 Å². The van der Waals surface area contributed by atoms with Crippen LogP contribution >= 0.6 is 11.8 Å². The Kier molecular flexibility index (Phi) is 6.52. The van der Waals surface area contributed by atoms with E-state index in [1.54, 1.807) is 12.1 Å². The van der Waals surface area contributed by atoms with Crippen molar-refractivity contribution in [3.05, 3.63) is 100 Å². The third kappa shape index (κ3) is 4.81. The van der Waals surface area contributed by atoms with Gasteiger partial charge in [-0.2, -0.15) is 0 Å². The lowest BCUT2D eigenvalue weighted by Crippen LogP contribution is -2.37. The molecule has 3 amide bonds. The van der Waals surface area contributed by atoms with Gasteiger partial charge in [0, 0.05) is 18.7 Å². The van der Waals surface area contributed by atoms with Gasteiger partial charge in [0.2, 0.25) is 0 Å². The first kappa shape index (κ1) is 21.6. The lowest BCUT2D eigenvalue weighted by atomic mass is 9.99. The van der Waals surface area contributed by atoms with E-state index >= 15 is 0 Å². The van der Waals surface area contributed by atoms with Crippen LogP contribution in [0.15, 0.2) is 83.8 Å². The third-order valence-corrected chi connectivity index (χ3v) is 6.03. The highest BCUT2D eigenvalue weighted by Crippen LogP contribution is 2.32. The minimum absolute atomic E-state index is 0.120. The van der Waals surface area contributed by atoms with Gasteiger partial charge in [-0.25, -0.2) is 0 Å². The molecule has 32 heavy (non-hydrogen) atoms. The van der Waals surface area contributed by atoms with Crippen LogP contribution in [0.1, 0.15) is 21.5 Å². The summed E-state index contributed by atoms with van der Waals surface area (Å²) in [6, 6.07) is 24.8. The van der Waals surface area contributed by atoms with E-state index in [0.717, 1.165) is 34.0 Å². The highest BCUT2D eigenvalue weighted by molar-refractivity contribution is 8.18. The van der Waals surface area contributed by atoms with E-state index < -0.39 is 0 Å². The van der Waals surface area contributed by atoms with Gasteiger partial charge in [0.25, 0.3) is 17.1 Å². The summed E-state index contributed by atoms with van der Waals surface area (Å²) in [4.78, 5) is 39.4. The zero-order valence-electron chi connectivity index (χ0n) is 17.6. The lowest BCUT2D eigenvalue weighted by Gasteiger charge is -2.14. The maximum absolute atomic E-state index is 12.8. The molecular formula is C26H22N2O3S. The van der Waals surface area contributed by atoms with E-state index in [4.69, 9.17) is 0 Å². The summed E-state index contributed by atoms with van der Waals surface area (Å²) < 4.78 is 0. The Labute approximate surface area is 191 Å². The standard InChI is InChI=1S/C26H22N2O3S/c1-18-11-13-19(14-12-18)17-23-25(30)28(26(31)32-23)16-15-27-24(29)22-10-6-5-9-21(22)20-7-3-2-4-8-20/h2-14,17H,15-16H2,1H3,(H,27,29). The summed E-state index contributed by atoms with van der Waals surface area (Å²) in [5.41, 5.74) is 4.32. The second-order valence-electron chi connectivity index (χ2n) is 7.41. The summed E-state index contributed by atoms with van der Waals surface area (Å²) >= 11 is 0.922. The lowest BCUT2D eigenvalue weighted by molar-refractivity contribution is -0.122. The molecule has 1 aliphatic heterocycles. The second-order valence-corrected chi connectivity index (χ2v) is 8.40. The van der Waals surface area contributed by atoms with Gasteiger partial charge in [0.1, 0.15) is 0 Å². The van der Waals surface area contributed by atoms with Gasteiger partial charge in [-0.3, -0.25) is 19.3 Å². The van der Waals surface area contributed by atoms with Crippen LogP contribution < -0.4 is 5.32 Å². The molecule has 1 aliphatic rings. The molecule has 0 spiro atoms. The largest absolute Gasteiger partial charge is 0.350 e. The van der Waals surface area contributed by atoms with Crippen LogP contribution in [0.4, 0.5) is 4.79 Å². The van der Waals surface area contributed by atoms with Crippen LogP contribution in [0.5, 0.6) is 0 Å². The summed E-state index contributed by atoms with van der Waals surface area (Å²) in [6.07, 6.45) is 1.72. The molecule has 0 saturated carbocycles. The molecule has 1 heterocycles. The highest BCUT2D eigenvalue weighted by Gasteiger charge is 2.34. The number of nitrogens with zero attached hydrogens (tertiary/aromatic N) is 1. The van der Waals surface area contributed by atoms with Crippen molar-refractivity contribution in [2.45, 2.75) is 6.92 Å². The molecule has 3 aromatic rings. The fourth-order valence-electron chi connectivity index (χ4n) is 3.43. The Morgan fingerprint density at radius 1 is 0.938 bits per heavy atom. The van der Waals surface area contributed by atoms with E-state index in [1.165, 1.54) is 4.90 Å². The minimum Gasteiger partial charge on any atom is -0.350 e. The smallest absolute Gasteiger partial charge is 0.293 e. The summed E-state index contributed by atoms with van der Waals surface area (Å²) in [6.45, 7) is 2.29. The molecule has 0 bridgehead atoms. The van der Waals surface area contributed by atoms with E-state index in [-0.39, 0.29) is 30.1 Å². The third-order valence-electron chi connectivity index (χ3n) is 5.13. The zero-order chi connectivity index (χ0) is 22.5. The van der Waals surface area contributed by atoms with Crippen molar-refractivity contribution in [1.29, 1.82) is 0 Å². The van der Waals surface area contributed by atoms with Crippen molar-refractivity contribution in [2.24, 2.45) is 0 Å². The first-order valence-electron chi connectivity index (χ1n) is 10.3. The molecule has 0 radical (unpaired) electrons. The van der Waals surface area contributed by atoms with E-state index in [9.17, 15) is 14.4 Å². The first-order valence-corrected chi connectivity index (χ1v) is 11.1. The summed E-state index contributed by atoms with van der Waals surface area (Å²) in [7, 11) is 0. The van der Waals surface area contributed by atoms with Crippen molar-refractivity contribution in [3.8, 4) is 11.1 Å². The maximum Gasteiger partial charge on any atom is 0.293 e. The quantitative estimate of drug-likeness (QED) is 0.538. The Hall–Kier alpha value is -3.64. The van der Waals surface area contributed by atoms with Gasteiger partial charge >= 0.3 is 0 Å². The van der Waals surface area contributed by atoms with Gasteiger partial charge < -0.3 is 5.32 Å². The molecule has 1 saturated heterocycles. The average Bonchev–Trinajstić information content (AvgIpc) is 3.08. The molecule has 0 aromatic heterocycles. The highest BCUT2D eigenvalue weighted by atomic mass is 32.2. The SMILES string of the molecule is Cc1ccc(C=C2SC(=O)N(CCNC(=O)c3ccccc3-c3ccccc3)C2=O)cc1. The number of imide groups is 1. The number of hydrogen-bond donors (Lipinski definition) is 1. The number of carbonyl (C=O) groups is 3. The number of benzene rings is 3. The molecule has 160 valence electrons. The molecule has 0 unspecified atom stereocenters. The number of nitrogens with one attached hydrogen (secondary N) is 1. The van der Waals surface area contributed by atoms with E-state index in [2.05, 4.69) is 5.32 Å². The number of amides is 3. The molecule has 1 fully saturated rings. The molecule has 5 nitrogen and oxygen atoms in total. The minimum atomic E-state index is -0.334. The monoisotopic (exact) mass is 442 g/mol. The van der Waals surface area contributed by atoms with Gasteiger partial charge in [0.05, 0.1) is 4.91 Å². The summed E-state index contributed by atoms with van der Waals surface area (Å²) in [5, 5.41) is 2.51. The van der Waals surface area contributed by atoms with Crippen LogP contribution in [-0.2, 0) is 4.79 Å². The number of hydrogen-bond acceptors (Lipinski definition) is 4. The van der Waals surface area contributed by atoms with Gasteiger partial charge in [-0.05, 0) is 47.5 Å². The average molecular weight is 443 g/mol. The summed E-state index contributed by atoms with van der Waals surface area (Å²) in [5.74, 6) is -0.578. The van der Waals surface area contributed by atoms with Crippen molar-refractivity contribution >= 4 is 34.9 Å². The van der Waals surface area contributed by atoms with Crippen LogP contribution in [0.3, 0.4) is 0 Å². The Bertz CT molecular complexity index is 1190. The maximum atomic E-state index is 12.8. The predicted octanol–water partition coefficient (Wildman–Crippen LogP) is 5.13. The molecule has 6 heteroatoms. The number of aryl methyl sites for hydroxylation is 1. The van der Waals surface area contributed by atoms with Crippen molar-refractivity contribution < 1.29 is 14.4 Å². The van der Waals surface area contributed by atoms with Crippen LogP contribution in [0.2, 0.25) is 0 Å². The molecule has 3 aromatic carbocycles. The second kappa shape index (κ2) is 9.66. The Morgan fingerprint density at radius 3 is 2.38 bits per heavy atom. The van der Waals surface area contributed by atoms with E-state index in [1.807, 2.05) is 79.7 Å². The van der Waals surface area contributed by atoms with Crippen LogP contribution in [0.25, 0.3) is 17.2 Å². The fraction of sp³-hybridized carbons (Fsp3) is 0.115. The van der Waals surface area contributed by atoms with Crippen LogP contribution in [-0.4, -0.2) is 35.0 Å². The first-order chi connectivity index (χ1) is 15.5. The molecule has 0 aliphatic carbocycles. The van der Waals surface area contributed by atoms with Gasteiger partial charge in [-0.15, -0.1) is 0 Å². The van der Waals surface area contributed by atoms with E-state index in [0.29, 0.717) is 10.5 Å². The zero-order valence-corrected chi connectivity index (χ0v) is 18.4. The number of carbonyl (C=O) groups excluding carboxylic acids is 3. The van der Waals surface area contributed by atoms with Gasteiger partial charge in [0.15, 0.2) is 0 Å². The van der Waals surface area contributed by atoms with Crippen molar-refractivity contribution in [1.82, 2.24) is 10.2 Å². The molecular weight excluding hydrogens is 420 g/mol. The topological polar surface area (TPSA) is 66.5 Å². The van der Waals surface area contributed by atoms with Gasteiger partial charge in [-0.1, -0.05) is 78.4 Å². The normalized spacial score (nSPS) is 14.8. The fourth-order valence-corrected chi connectivity index (χ4v) is 4.30. The van der Waals surface area contributed by atoms with Crippen LogP contribution in [0, 0.1) is 6.92 Å². The Morgan fingerprint density at radius 2 is 1.62 bits per heavy atom. The number of thioether (sulfide) groups is 1. The Balaban J connectivity index is 1.40.